The lowest BCUT2D eigenvalue weighted by molar-refractivity contribution is -0.0980. The maximum absolute atomic E-state index is 13.0. The average molecular weight is 424 g/mol. The average Bonchev–Trinajstić information content (AvgIpc) is 3.53. The van der Waals surface area contributed by atoms with Crippen LogP contribution in [0.5, 0.6) is 0 Å². The van der Waals surface area contributed by atoms with Crippen molar-refractivity contribution in [3.05, 3.63) is 47.1 Å². The lowest BCUT2D eigenvalue weighted by Gasteiger charge is -2.20. The minimum atomic E-state index is -0.691. The maximum atomic E-state index is 13.0. The molecule has 4 aromatic rings. The molecule has 0 radical (unpaired) electrons. The molecule has 0 bridgehead atoms. The Labute approximate surface area is 177 Å². The van der Waals surface area contributed by atoms with Crippen molar-refractivity contribution in [1.82, 2.24) is 23.9 Å². The molecule has 0 unspecified atom stereocenters. The van der Waals surface area contributed by atoms with Gasteiger partial charge >= 0.3 is 0 Å². The smallest absolute Gasteiger partial charge is 0.287 e. The molecular formula is C21H24N6O4. The molecule has 10 heteroatoms. The van der Waals surface area contributed by atoms with Crippen LogP contribution in [0, 0.1) is 0 Å². The molecule has 0 amide bonds. The number of H-pyrrole nitrogens is 1. The number of anilines is 1. The summed E-state index contributed by atoms with van der Waals surface area (Å²) in [6.07, 6.45) is 2.06. The first kappa shape index (κ1) is 19.7. The molecule has 2 N–H and O–H groups in total. The Bertz CT molecular complexity index is 1270. The van der Waals surface area contributed by atoms with Gasteiger partial charge in [-0.3, -0.25) is 9.36 Å². The fourth-order valence-corrected chi connectivity index (χ4v) is 3.95. The fraction of sp³-hybridized carbons (Fsp3) is 0.381. The Morgan fingerprint density at radius 3 is 2.71 bits per heavy atom. The van der Waals surface area contributed by atoms with Gasteiger partial charge in [0.1, 0.15) is 0 Å². The van der Waals surface area contributed by atoms with Gasteiger partial charge in [0.05, 0.1) is 25.2 Å². The predicted octanol–water partition coefficient (Wildman–Crippen LogP) is 1.75. The summed E-state index contributed by atoms with van der Waals surface area (Å²) in [5.41, 5.74) is 3.29. The number of fused-ring (bicyclic) bond motifs is 2. The normalized spacial score (nSPS) is 18.9. The molecule has 1 fully saturated rings. The highest BCUT2D eigenvalue weighted by Crippen LogP contribution is 2.25. The van der Waals surface area contributed by atoms with Crippen LogP contribution in [-0.4, -0.2) is 61.6 Å². The van der Waals surface area contributed by atoms with E-state index >= 15 is 0 Å². The van der Waals surface area contributed by atoms with Crippen molar-refractivity contribution in [2.75, 3.05) is 31.2 Å². The van der Waals surface area contributed by atoms with Gasteiger partial charge in [-0.15, -0.1) is 0 Å². The number of rotatable bonds is 6. The number of nitrogens with one attached hydrogen (secondary N) is 1. The van der Waals surface area contributed by atoms with E-state index in [1.54, 1.807) is 10.8 Å². The molecule has 1 aliphatic rings. The Morgan fingerprint density at radius 2 is 2.03 bits per heavy atom. The summed E-state index contributed by atoms with van der Waals surface area (Å²) < 4.78 is 14.1. The first-order valence-electron chi connectivity index (χ1n) is 10.3. The van der Waals surface area contributed by atoms with Gasteiger partial charge in [0.25, 0.3) is 5.56 Å². The third-order valence-corrected chi connectivity index (χ3v) is 5.63. The molecule has 4 heterocycles. The number of benzene rings is 1. The lowest BCUT2D eigenvalue weighted by Crippen LogP contribution is -2.21. The van der Waals surface area contributed by atoms with Crippen LogP contribution < -0.4 is 10.5 Å². The summed E-state index contributed by atoms with van der Waals surface area (Å²) in [5, 5.41) is 9.22. The molecule has 31 heavy (non-hydrogen) atoms. The number of hydrogen-bond acceptors (Lipinski definition) is 7. The van der Waals surface area contributed by atoms with Crippen LogP contribution in [0.15, 0.2) is 41.6 Å². The molecule has 1 aromatic carbocycles. The van der Waals surface area contributed by atoms with Crippen LogP contribution in [0.3, 0.4) is 0 Å². The van der Waals surface area contributed by atoms with E-state index in [9.17, 15) is 9.90 Å². The number of aromatic nitrogens is 5. The molecular weight excluding hydrogens is 400 g/mol. The fourth-order valence-electron chi connectivity index (χ4n) is 3.95. The van der Waals surface area contributed by atoms with Crippen LogP contribution in [0.2, 0.25) is 0 Å². The molecule has 1 saturated heterocycles. The lowest BCUT2D eigenvalue weighted by atomic mass is 10.1. The third-order valence-electron chi connectivity index (χ3n) is 5.63. The zero-order chi connectivity index (χ0) is 21.5. The molecule has 1 aliphatic heterocycles. The number of ether oxygens (including phenoxy) is 2. The number of nitrogens with zero attached hydrogens (tertiary/aromatic N) is 5. The largest absolute Gasteiger partial charge is 0.391 e. The van der Waals surface area contributed by atoms with Crippen molar-refractivity contribution in [1.29, 1.82) is 0 Å². The molecule has 0 aliphatic carbocycles. The number of hydrogen-bond donors (Lipinski definition) is 2. The summed E-state index contributed by atoms with van der Waals surface area (Å²) in [6.45, 7) is 6.15. The highest BCUT2D eigenvalue weighted by Gasteiger charge is 2.29. The summed E-state index contributed by atoms with van der Waals surface area (Å²) in [5.74, 6) is 0.416. The van der Waals surface area contributed by atoms with E-state index < -0.39 is 12.5 Å². The zero-order valence-electron chi connectivity index (χ0n) is 17.4. The van der Waals surface area contributed by atoms with Gasteiger partial charge in [0.15, 0.2) is 23.7 Å². The van der Waals surface area contributed by atoms with Gasteiger partial charge < -0.3 is 24.5 Å². The second-order valence-electron chi connectivity index (χ2n) is 7.36. The highest BCUT2D eigenvalue weighted by atomic mass is 16.7. The van der Waals surface area contributed by atoms with E-state index in [-0.39, 0.29) is 24.3 Å². The molecule has 2 atom stereocenters. The topological polar surface area (TPSA) is 110 Å². The minimum absolute atomic E-state index is 0.240. The van der Waals surface area contributed by atoms with Gasteiger partial charge in [-0.25, -0.2) is 9.38 Å². The quantitative estimate of drug-likeness (QED) is 0.485. The Kier molecular flexibility index (Phi) is 4.97. The van der Waals surface area contributed by atoms with Gasteiger partial charge in [-0.05, 0) is 31.5 Å². The molecule has 0 spiro atoms. The Balaban J connectivity index is 1.53. The van der Waals surface area contributed by atoms with Crippen molar-refractivity contribution in [3.63, 3.8) is 0 Å². The number of aliphatic hydroxyl groups is 1. The van der Waals surface area contributed by atoms with E-state index in [1.165, 1.54) is 10.7 Å². The van der Waals surface area contributed by atoms with Gasteiger partial charge in [0.2, 0.25) is 5.78 Å². The van der Waals surface area contributed by atoms with Crippen LogP contribution in [0.1, 0.15) is 20.1 Å². The molecule has 3 aromatic heterocycles. The molecule has 10 nitrogen and oxygen atoms in total. The zero-order valence-corrected chi connectivity index (χ0v) is 17.4. The Morgan fingerprint density at radius 1 is 1.26 bits per heavy atom. The standard InChI is InChI=1S/C21H24N6O4/c1-3-25(4-2)14-7-5-13(6-8-14)15-9-26-20(29)18-19(24-21(26)23-15)27(12-22-18)16-11-30-17(10-28)31-16/h5-9,12,16-17,28H,3-4,10-11H2,1-2H3,(H,23,24)/t16-,17-/m1/s1. The van der Waals surface area contributed by atoms with Crippen LogP contribution >= 0.6 is 0 Å². The second-order valence-corrected chi connectivity index (χ2v) is 7.36. The molecule has 5 rings (SSSR count). The summed E-state index contributed by atoms with van der Waals surface area (Å²) >= 11 is 0. The Hall–Kier alpha value is -3.21. The van der Waals surface area contributed by atoms with Gasteiger partial charge in [-0.1, -0.05) is 12.1 Å². The van der Waals surface area contributed by atoms with Crippen LogP contribution in [-0.2, 0) is 9.47 Å². The van der Waals surface area contributed by atoms with E-state index in [1.807, 2.05) is 12.1 Å². The van der Waals surface area contributed by atoms with Crippen LogP contribution in [0.25, 0.3) is 28.2 Å². The summed E-state index contributed by atoms with van der Waals surface area (Å²) in [7, 11) is 0. The third kappa shape index (κ3) is 3.29. The van der Waals surface area contributed by atoms with E-state index in [0.29, 0.717) is 11.4 Å². The maximum Gasteiger partial charge on any atom is 0.287 e. The summed E-state index contributed by atoms with van der Waals surface area (Å²) in [6, 6.07) is 8.21. The first-order valence-corrected chi connectivity index (χ1v) is 10.3. The second kappa shape index (κ2) is 7.80. The van der Waals surface area contributed by atoms with Crippen molar-refractivity contribution in [3.8, 4) is 11.3 Å². The van der Waals surface area contributed by atoms with Crippen molar-refractivity contribution < 1.29 is 14.6 Å². The van der Waals surface area contributed by atoms with Gasteiger partial charge in [-0.2, -0.15) is 4.98 Å². The summed E-state index contributed by atoms with van der Waals surface area (Å²) in [4.78, 5) is 27.4. The van der Waals surface area contributed by atoms with E-state index in [4.69, 9.17) is 9.47 Å². The first-order chi connectivity index (χ1) is 15.1. The molecule has 0 saturated carbocycles. The number of aliphatic hydroxyl groups excluding tert-OH is 1. The minimum Gasteiger partial charge on any atom is -0.391 e. The van der Waals surface area contributed by atoms with Gasteiger partial charge in [0, 0.05) is 25.0 Å². The van der Waals surface area contributed by atoms with Crippen molar-refractivity contribution in [2.45, 2.75) is 26.4 Å². The van der Waals surface area contributed by atoms with Crippen molar-refractivity contribution in [2.24, 2.45) is 0 Å². The van der Waals surface area contributed by atoms with Crippen molar-refractivity contribution >= 4 is 22.6 Å². The number of imidazole rings is 2. The highest BCUT2D eigenvalue weighted by molar-refractivity contribution is 5.73. The van der Waals surface area contributed by atoms with E-state index in [0.717, 1.165) is 30.0 Å². The monoisotopic (exact) mass is 424 g/mol. The number of aromatic amines is 1. The van der Waals surface area contributed by atoms with Crippen LogP contribution in [0.4, 0.5) is 5.69 Å². The molecule has 162 valence electrons. The predicted molar refractivity (Wildman–Crippen MR) is 115 cm³/mol. The van der Waals surface area contributed by atoms with E-state index in [2.05, 4.69) is 45.8 Å². The SMILES string of the molecule is CCN(CC)c1ccc(-c2cn3c(=O)c4ncn([C@H]5CO[C@@H](CO)O5)c4nc3[nH]2)cc1.